The molecule has 1 aromatic heterocycles. The van der Waals surface area contributed by atoms with E-state index in [-0.39, 0.29) is 17.6 Å². The summed E-state index contributed by atoms with van der Waals surface area (Å²) in [5.74, 6) is -0.193. The zero-order valence-corrected chi connectivity index (χ0v) is 9.07. The number of hydrogen-bond donors (Lipinski definition) is 1. The minimum Gasteiger partial charge on any atom is -0.462 e. The third-order valence-corrected chi connectivity index (χ3v) is 2.47. The maximum Gasteiger partial charge on any atom is 0.425 e. The average molecular weight is 251 g/mol. The SMILES string of the molecule is C[C@@H](Oc1nn(C2COC2)cc1N)C(F)(F)F. The van der Waals surface area contributed by atoms with Gasteiger partial charge in [-0.1, -0.05) is 0 Å². The second-order valence-electron chi connectivity index (χ2n) is 3.86. The van der Waals surface area contributed by atoms with E-state index in [0.717, 1.165) is 6.92 Å². The quantitative estimate of drug-likeness (QED) is 0.881. The Labute approximate surface area is 95.3 Å². The Morgan fingerprint density at radius 1 is 1.59 bits per heavy atom. The van der Waals surface area contributed by atoms with Crippen LogP contribution in [0.15, 0.2) is 6.20 Å². The van der Waals surface area contributed by atoms with Gasteiger partial charge in [0.2, 0.25) is 0 Å². The predicted molar refractivity (Wildman–Crippen MR) is 52.6 cm³/mol. The van der Waals surface area contributed by atoms with Crippen LogP contribution in [0.25, 0.3) is 0 Å². The largest absolute Gasteiger partial charge is 0.462 e. The highest BCUT2D eigenvalue weighted by molar-refractivity contribution is 5.46. The van der Waals surface area contributed by atoms with E-state index in [0.29, 0.717) is 13.2 Å². The van der Waals surface area contributed by atoms with E-state index in [2.05, 4.69) is 9.84 Å². The molecular formula is C9H12F3N3O2. The maximum absolute atomic E-state index is 12.3. The molecule has 2 rings (SSSR count). The van der Waals surface area contributed by atoms with E-state index in [1.807, 2.05) is 0 Å². The van der Waals surface area contributed by atoms with Crippen molar-refractivity contribution in [3.63, 3.8) is 0 Å². The molecule has 0 aliphatic carbocycles. The van der Waals surface area contributed by atoms with Crippen LogP contribution in [-0.2, 0) is 4.74 Å². The fourth-order valence-electron chi connectivity index (χ4n) is 1.28. The molecule has 2 N–H and O–H groups in total. The molecule has 0 bridgehead atoms. The lowest BCUT2D eigenvalue weighted by Gasteiger charge is -2.25. The van der Waals surface area contributed by atoms with Crippen molar-refractivity contribution >= 4 is 5.69 Å². The standard InChI is InChI=1S/C9H12F3N3O2/c1-5(9(10,11)12)17-8-7(13)2-15(14-8)6-3-16-4-6/h2,5-6H,3-4,13H2,1H3/t5-/m1/s1. The number of halogens is 3. The summed E-state index contributed by atoms with van der Waals surface area (Å²) in [5, 5.41) is 3.87. The lowest BCUT2D eigenvalue weighted by Crippen LogP contribution is -2.32. The van der Waals surface area contributed by atoms with Crippen LogP contribution in [0.1, 0.15) is 13.0 Å². The predicted octanol–water partition coefficient (Wildman–Crippen LogP) is 1.37. The first-order chi connectivity index (χ1) is 7.88. The molecule has 2 heterocycles. The normalized spacial score (nSPS) is 18.8. The van der Waals surface area contributed by atoms with Gasteiger partial charge in [-0.15, -0.1) is 5.10 Å². The first-order valence-electron chi connectivity index (χ1n) is 5.03. The third kappa shape index (κ3) is 2.46. The summed E-state index contributed by atoms with van der Waals surface area (Å²) in [6.45, 7) is 1.87. The molecule has 1 saturated heterocycles. The highest BCUT2D eigenvalue weighted by atomic mass is 19.4. The Kier molecular flexibility index (Phi) is 2.90. The molecule has 0 amide bonds. The minimum atomic E-state index is -4.43. The molecule has 1 atom stereocenters. The molecule has 0 aromatic carbocycles. The Morgan fingerprint density at radius 3 is 2.71 bits per heavy atom. The van der Waals surface area contributed by atoms with Gasteiger partial charge in [-0.2, -0.15) is 13.2 Å². The number of anilines is 1. The first kappa shape index (κ1) is 12.0. The molecule has 96 valence electrons. The van der Waals surface area contributed by atoms with Crippen LogP contribution in [-0.4, -0.2) is 35.3 Å². The summed E-state index contributed by atoms with van der Waals surface area (Å²) in [6, 6.07) is 0.0239. The Balaban J connectivity index is 2.08. The highest BCUT2D eigenvalue weighted by Gasteiger charge is 2.39. The molecule has 1 aliphatic rings. The summed E-state index contributed by atoms with van der Waals surface area (Å²) in [6.07, 6.45) is -4.92. The van der Waals surface area contributed by atoms with Crippen molar-refractivity contribution in [1.82, 2.24) is 9.78 Å². The number of ether oxygens (including phenoxy) is 2. The molecule has 0 spiro atoms. The van der Waals surface area contributed by atoms with E-state index >= 15 is 0 Å². The van der Waals surface area contributed by atoms with Gasteiger partial charge in [0.25, 0.3) is 5.88 Å². The van der Waals surface area contributed by atoms with Gasteiger partial charge in [0.15, 0.2) is 6.10 Å². The number of aromatic nitrogens is 2. The van der Waals surface area contributed by atoms with E-state index in [1.54, 1.807) is 0 Å². The molecule has 17 heavy (non-hydrogen) atoms. The number of alkyl halides is 3. The fraction of sp³-hybridized carbons (Fsp3) is 0.667. The summed E-state index contributed by atoms with van der Waals surface area (Å²) in [4.78, 5) is 0. The second kappa shape index (κ2) is 4.10. The zero-order chi connectivity index (χ0) is 12.6. The number of nitrogen functional groups attached to an aromatic ring is 1. The minimum absolute atomic E-state index is 0.0239. The van der Waals surface area contributed by atoms with Crippen molar-refractivity contribution in [3.05, 3.63) is 6.20 Å². The Hall–Kier alpha value is -1.44. The lowest BCUT2D eigenvalue weighted by atomic mass is 10.3. The summed E-state index contributed by atoms with van der Waals surface area (Å²) >= 11 is 0. The van der Waals surface area contributed by atoms with Crippen LogP contribution in [0.3, 0.4) is 0 Å². The monoisotopic (exact) mass is 251 g/mol. The second-order valence-corrected chi connectivity index (χ2v) is 3.86. The van der Waals surface area contributed by atoms with Gasteiger partial charge < -0.3 is 15.2 Å². The van der Waals surface area contributed by atoms with Crippen molar-refractivity contribution in [2.75, 3.05) is 18.9 Å². The molecule has 0 unspecified atom stereocenters. The van der Waals surface area contributed by atoms with Crippen LogP contribution in [0.5, 0.6) is 5.88 Å². The number of nitrogens with two attached hydrogens (primary N) is 1. The van der Waals surface area contributed by atoms with Crippen molar-refractivity contribution in [1.29, 1.82) is 0 Å². The highest BCUT2D eigenvalue weighted by Crippen LogP contribution is 2.29. The lowest BCUT2D eigenvalue weighted by molar-refractivity contribution is -0.189. The number of rotatable bonds is 3. The Bertz CT molecular complexity index is 401. The topological polar surface area (TPSA) is 62.3 Å². The van der Waals surface area contributed by atoms with Crippen molar-refractivity contribution in [2.45, 2.75) is 25.2 Å². The Morgan fingerprint density at radius 2 is 2.24 bits per heavy atom. The summed E-state index contributed by atoms with van der Waals surface area (Å²) in [7, 11) is 0. The molecule has 8 heteroatoms. The average Bonchev–Trinajstić information content (AvgIpc) is 2.42. The van der Waals surface area contributed by atoms with E-state index in [4.69, 9.17) is 10.5 Å². The molecular weight excluding hydrogens is 239 g/mol. The fourth-order valence-corrected chi connectivity index (χ4v) is 1.28. The van der Waals surface area contributed by atoms with Crippen LogP contribution in [0.2, 0.25) is 0 Å². The van der Waals surface area contributed by atoms with Gasteiger partial charge in [0.1, 0.15) is 5.69 Å². The van der Waals surface area contributed by atoms with E-state index in [9.17, 15) is 13.2 Å². The summed E-state index contributed by atoms with van der Waals surface area (Å²) in [5.41, 5.74) is 5.62. The van der Waals surface area contributed by atoms with Crippen LogP contribution in [0, 0.1) is 0 Å². The zero-order valence-electron chi connectivity index (χ0n) is 9.07. The molecule has 5 nitrogen and oxygen atoms in total. The maximum atomic E-state index is 12.3. The van der Waals surface area contributed by atoms with Crippen LogP contribution < -0.4 is 10.5 Å². The van der Waals surface area contributed by atoms with Gasteiger partial charge in [-0.25, -0.2) is 0 Å². The van der Waals surface area contributed by atoms with Gasteiger partial charge >= 0.3 is 6.18 Å². The van der Waals surface area contributed by atoms with Crippen LogP contribution >= 0.6 is 0 Å². The smallest absolute Gasteiger partial charge is 0.425 e. The van der Waals surface area contributed by atoms with Crippen molar-refractivity contribution < 1.29 is 22.6 Å². The molecule has 0 radical (unpaired) electrons. The third-order valence-electron chi connectivity index (χ3n) is 2.47. The van der Waals surface area contributed by atoms with Gasteiger partial charge in [0.05, 0.1) is 25.5 Å². The number of nitrogens with zero attached hydrogens (tertiary/aromatic N) is 2. The first-order valence-corrected chi connectivity index (χ1v) is 5.03. The van der Waals surface area contributed by atoms with Crippen LogP contribution in [0.4, 0.5) is 18.9 Å². The molecule has 1 aromatic rings. The van der Waals surface area contributed by atoms with Gasteiger partial charge in [-0.05, 0) is 6.92 Å². The van der Waals surface area contributed by atoms with Crippen molar-refractivity contribution in [3.8, 4) is 5.88 Å². The van der Waals surface area contributed by atoms with Gasteiger partial charge in [-0.3, -0.25) is 4.68 Å². The van der Waals surface area contributed by atoms with Gasteiger partial charge in [0, 0.05) is 0 Å². The number of hydrogen-bond acceptors (Lipinski definition) is 4. The summed E-state index contributed by atoms with van der Waals surface area (Å²) < 4.78 is 48.0. The molecule has 0 saturated carbocycles. The van der Waals surface area contributed by atoms with E-state index < -0.39 is 12.3 Å². The molecule has 1 aliphatic heterocycles. The van der Waals surface area contributed by atoms with E-state index in [1.165, 1.54) is 10.9 Å². The molecule has 1 fully saturated rings. The van der Waals surface area contributed by atoms with Crippen molar-refractivity contribution in [2.24, 2.45) is 0 Å².